The lowest BCUT2D eigenvalue weighted by molar-refractivity contribution is 0.499. The molecule has 5 rings (SSSR count). The number of anilines is 2. The minimum absolute atomic E-state index is 0.0928. The molecule has 7 nitrogen and oxygen atoms in total. The Morgan fingerprint density at radius 1 is 0.900 bits per heavy atom. The Morgan fingerprint density at radius 2 is 1.57 bits per heavy atom. The second-order valence-electron chi connectivity index (χ2n) is 8.52. The summed E-state index contributed by atoms with van der Waals surface area (Å²) in [6.45, 7) is 7.55. The van der Waals surface area contributed by atoms with Crippen LogP contribution < -0.4 is 15.4 Å². The van der Waals surface area contributed by atoms with Crippen molar-refractivity contribution in [1.29, 1.82) is 0 Å². The van der Waals surface area contributed by atoms with Gasteiger partial charge in [0.05, 0.1) is 17.2 Å². The lowest BCUT2D eigenvalue weighted by Gasteiger charge is -2.36. The van der Waals surface area contributed by atoms with Crippen molar-refractivity contribution < 1.29 is 0 Å². The van der Waals surface area contributed by atoms with Crippen LogP contribution in [-0.2, 0) is 0 Å². The maximum absolute atomic E-state index is 12.9. The Labute approximate surface area is 176 Å². The average molecular weight is 405 g/mol. The van der Waals surface area contributed by atoms with E-state index in [1.165, 1.54) is 12.8 Å². The van der Waals surface area contributed by atoms with E-state index in [0.29, 0.717) is 6.04 Å². The van der Waals surface area contributed by atoms with Crippen molar-refractivity contribution in [3.63, 3.8) is 0 Å². The molecule has 3 heterocycles. The number of fused-ring (bicyclic) bond motifs is 1. The SMILES string of the molecule is Cc1cc(C)nc(N2CCN(c3ccc4c(=O)n(C5CCCC5)cnc4c3)CC2)n1. The van der Waals surface area contributed by atoms with Crippen LogP contribution in [0.3, 0.4) is 0 Å². The fourth-order valence-corrected chi connectivity index (χ4v) is 4.78. The number of rotatable bonds is 3. The van der Waals surface area contributed by atoms with Gasteiger partial charge in [0.2, 0.25) is 5.95 Å². The number of hydrogen-bond acceptors (Lipinski definition) is 6. The van der Waals surface area contributed by atoms with E-state index < -0.39 is 0 Å². The molecule has 1 aliphatic heterocycles. The van der Waals surface area contributed by atoms with Gasteiger partial charge in [-0.05, 0) is 51.0 Å². The Hall–Kier alpha value is -2.96. The summed E-state index contributed by atoms with van der Waals surface area (Å²) in [6.07, 6.45) is 6.32. The number of nitrogens with zero attached hydrogens (tertiary/aromatic N) is 6. The second kappa shape index (κ2) is 7.70. The molecular formula is C23H28N6O. The lowest BCUT2D eigenvalue weighted by atomic mass is 10.1. The highest BCUT2D eigenvalue weighted by Gasteiger charge is 2.22. The van der Waals surface area contributed by atoms with Gasteiger partial charge in [-0.2, -0.15) is 0 Å². The number of aromatic nitrogens is 4. The summed E-state index contributed by atoms with van der Waals surface area (Å²) in [5.74, 6) is 0.819. The van der Waals surface area contributed by atoms with E-state index >= 15 is 0 Å². The monoisotopic (exact) mass is 404 g/mol. The zero-order valence-corrected chi connectivity index (χ0v) is 17.7. The molecule has 0 bridgehead atoms. The van der Waals surface area contributed by atoms with Crippen molar-refractivity contribution in [2.45, 2.75) is 45.6 Å². The number of aryl methyl sites for hydroxylation is 2. The summed E-state index contributed by atoms with van der Waals surface area (Å²) in [4.78, 5) is 31.4. The molecule has 30 heavy (non-hydrogen) atoms. The van der Waals surface area contributed by atoms with Gasteiger partial charge in [0.25, 0.3) is 5.56 Å². The predicted octanol–water partition coefficient (Wildman–Crippen LogP) is 3.25. The third kappa shape index (κ3) is 3.53. The lowest BCUT2D eigenvalue weighted by Crippen LogP contribution is -2.47. The molecule has 1 aliphatic carbocycles. The second-order valence-corrected chi connectivity index (χ2v) is 8.52. The predicted molar refractivity (Wildman–Crippen MR) is 119 cm³/mol. The molecule has 2 aromatic heterocycles. The van der Waals surface area contributed by atoms with Gasteiger partial charge >= 0.3 is 0 Å². The summed E-state index contributed by atoms with van der Waals surface area (Å²) < 4.78 is 1.84. The van der Waals surface area contributed by atoms with E-state index in [-0.39, 0.29) is 5.56 Å². The van der Waals surface area contributed by atoms with Crippen LogP contribution >= 0.6 is 0 Å². The van der Waals surface area contributed by atoms with Gasteiger partial charge in [0, 0.05) is 49.3 Å². The van der Waals surface area contributed by atoms with Crippen molar-refractivity contribution in [2.75, 3.05) is 36.0 Å². The summed E-state index contributed by atoms with van der Waals surface area (Å²) in [7, 11) is 0. The highest BCUT2D eigenvalue weighted by molar-refractivity contribution is 5.81. The largest absolute Gasteiger partial charge is 0.368 e. The molecule has 2 aliphatic rings. The van der Waals surface area contributed by atoms with E-state index in [1.54, 1.807) is 6.33 Å². The smallest absolute Gasteiger partial charge is 0.261 e. The standard InChI is InChI=1S/C23H28N6O/c1-16-13-17(2)26-23(25-16)28-11-9-27(10-12-28)19-7-8-20-21(14-19)24-15-29(22(20)30)18-5-3-4-6-18/h7-8,13-15,18H,3-6,9-12H2,1-2H3. The molecule has 0 atom stereocenters. The van der Waals surface area contributed by atoms with Gasteiger partial charge in [0.1, 0.15) is 0 Å². The molecule has 0 amide bonds. The molecule has 7 heteroatoms. The molecule has 0 spiro atoms. The zero-order chi connectivity index (χ0) is 20.7. The van der Waals surface area contributed by atoms with Crippen molar-refractivity contribution in [3.05, 3.63) is 52.3 Å². The van der Waals surface area contributed by atoms with Crippen LogP contribution in [0.2, 0.25) is 0 Å². The number of hydrogen-bond donors (Lipinski definition) is 0. The van der Waals surface area contributed by atoms with Gasteiger partial charge in [0.15, 0.2) is 0 Å². The van der Waals surface area contributed by atoms with Gasteiger partial charge < -0.3 is 9.80 Å². The summed E-state index contributed by atoms with van der Waals surface area (Å²) in [5, 5.41) is 0.718. The molecule has 1 saturated heterocycles. The van der Waals surface area contributed by atoms with E-state index in [1.807, 2.05) is 30.5 Å². The quantitative estimate of drug-likeness (QED) is 0.668. The Bertz CT molecular complexity index is 1110. The molecule has 1 aromatic carbocycles. The fourth-order valence-electron chi connectivity index (χ4n) is 4.78. The molecule has 1 saturated carbocycles. The summed E-state index contributed by atoms with van der Waals surface area (Å²) in [6, 6.07) is 8.38. The van der Waals surface area contributed by atoms with Crippen molar-refractivity contribution in [3.8, 4) is 0 Å². The molecule has 0 unspecified atom stereocenters. The number of piperazine rings is 1. The van der Waals surface area contributed by atoms with E-state index in [2.05, 4.69) is 36.9 Å². The first-order chi connectivity index (χ1) is 14.6. The summed E-state index contributed by atoms with van der Waals surface area (Å²) >= 11 is 0. The third-order valence-corrected chi connectivity index (χ3v) is 6.38. The molecule has 3 aromatic rings. The van der Waals surface area contributed by atoms with Gasteiger partial charge in [-0.15, -0.1) is 0 Å². The van der Waals surface area contributed by atoms with Crippen LogP contribution in [0, 0.1) is 13.8 Å². The van der Waals surface area contributed by atoms with Crippen LogP contribution in [0.1, 0.15) is 43.1 Å². The molecule has 2 fully saturated rings. The molecule has 0 N–H and O–H groups in total. The topological polar surface area (TPSA) is 67.2 Å². The first-order valence-corrected chi connectivity index (χ1v) is 10.9. The fraction of sp³-hybridized carbons (Fsp3) is 0.478. The Balaban J connectivity index is 1.34. The van der Waals surface area contributed by atoms with Crippen LogP contribution in [0.25, 0.3) is 10.9 Å². The third-order valence-electron chi connectivity index (χ3n) is 6.38. The van der Waals surface area contributed by atoms with E-state index in [4.69, 9.17) is 0 Å². The minimum Gasteiger partial charge on any atom is -0.368 e. The van der Waals surface area contributed by atoms with E-state index in [0.717, 1.165) is 72.9 Å². The van der Waals surface area contributed by atoms with E-state index in [9.17, 15) is 4.79 Å². The zero-order valence-electron chi connectivity index (χ0n) is 17.7. The summed E-state index contributed by atoms with van der Waals surface area (Å²) in [5.41, 5.74) is 4.00. The van der Waals surface area contributed by atoms with Gasteiger partial charge in [-0.1, -0.05) is 12.8 Å². The van der Waals surface area contributed by atoms with Crippen LogP contribution in [0.5, 0.6) is 0 Å². The average Bonchev–Trinajstić information content (AvgIpc) is 3.28. The van der Waals surface area contributed by atoms with Crippen LogP contribution in [0.4, 0.5) is 11.6 Å². The van der Waals surface area contributed by atoms with Crippen LogP contribution in [-0.4, -0.2) is 45.7 Å². The molecule has 0 radical (unpaired) electrons. The first kappa shape index (κ1) is 19.0. The highest BCUT2D eigenvalue weighted by Crippen LogP contribution is 2.29. The van der Waals surface area contributed by atoms with Gasteiger partial charge in [-0.3, -0.25) is 9.36 Å². The Kier molecular flexibility index (Phi) is 4.89. The maximum atomic E-state index is 12.9. The van der Waals surface area contributed by atoms with Crippen LogP contribution in [0.15, 0.2) is 35.4 Å². The first-order valence-electron chi connectivity index (χ1n) is 10.9. The maximum Gasteiger partial charge on any atom is 0.261 e. The molecule has 156 valence electrons. The minimum atomic E-state index is 0.0928. The normalized spacial score (nSPS) is 17.8. The van der Waals surface area contributed by atoms with Gasteiger partial charge in [-0.25, -0.2) is 15.0 Å². The Morgan fingerprint density at radius 3 is 2.27 bits per heavy atom. The van der Waals surface area contributed by atoms with Crippen molar-refractivity contribution >= 4 is 22.5 Å². The molecular weight excluding hydrogens is 376 g/mol. The highest BCUT2D eigenvalue weighted by atomic mass is 16.1. The van der Waals surface area contributed by atoms with Crippen molar-refractivity contribution in [1.82, 2.24) is 19.5 Å². The number of benzene rings is 1. The van der Waals surface area contributed by atoms with Crippen molar-refractivity contribution in [2.24, 2.45) is 0 Å².